The Morgan fingerprint density at radius 1 is 1.22 bits per heavy atom. The van der Waals surface area contributed by atoms with Crippen LogP contribution in [-0.2, 0) is 6.61 Å². The lowest BCUT2D eigenvalue weighted by molar-refractivity contribution is 0.0953. The van der Waals surface area contributed by atoms with Crippen molar-refractivity contribution < 1.29 is 9.53 Å². The highest BCUT2D eigenvalue weighted by atomic mass is 32.1. The van der Waals surface area contributed by atoms with Gasteiger partial charge in [-0.1, -0.05) is 26.2 Å². The molecular weight excluding hydrogens is 308 g/mol. The van der Waals surface area contributed by atoms with Gasteiger partial charge in [0.15, 0.2) is 0 Å². The second-order valence-corrected chi connectivity index (χ2v) is 6.55. The van der Waals surface area contributed by atoms with Crippen LogP contribution in [0.4, 0.5) is 0 Å². The zero-order valence-electron chi connectivity index (χ0n) is 13.8. The quantitative estimate of drug-likeness (QED) is 0.695. The van der Waals surface area contributed by atoms with Crippen LogP contribution in [-0.4, -0.2) is 17.4 Å². The number of nitrogens with zero attached hydrogens (tertiary/aromatic N) is 1. The molecule has 0 aliphatic rings. The van der Waals surface area contributed by atoms with Gasteiger partial charge in [0.1, 0.15) is 12.4 Å². The summed E-state index contributed by atoms with van der Waals surface area (Å²) in [5, 5.41) is 5.98. The molecule has 0 unspecified atom stereocenters. The number of aryl methyl sites for hydroxylation is 1. The number of benzene rings is 1. The molecule has 1 amide bonds. The van der Waals surface area contributed by atoms with Crippen LogP contribution in [0.1, 0.15) is 53.7 Å². The summed E-state index contributed by atoms with van der Waals surface area (Å²) in [4.78, 5) is 16.4. The molecule has 1 aromatic heterocycles. The van der Waals surface area contributed by atoms with Crippen molar-refractivity contribution in [3.05, 3.63) is 45.9 Å². The lowest BCUT2D eigenvalue weighted by Crippen LogP contribution is -2.24. The van der Waals surface area contributed by atoms with Crippen LogP contribution in [0.15, 0.2) is 29.6 Å². The molecule has 0 atom stereocenters. The van der Waals surface area contributed by atoms with Gasteiger partial charge in [-0.15, -0.1) is 11.3 Å². The van der Waals surface area contributed by atoms with Gasteiger partial charge < -0.3 is 10.1 Å². The average Bonchev–Trinajstić information content (AvgIpc) is 2.98. The van der Waals surface area contributed by atoms with Gasteiger partial charge in [-0.05, 0) is 37.6 Å². The first-order chi connectivity index (χ1) is 11.2. The summed E-state index contributed by atoms with van der Waals surface area (Å²) >= 11 is 1.61. The van der Waals surface area contributed by atoms with Crippen molar-refractivity contribution in [3.8, 4) is 5.75 Å². The van der Waals surface area contributed by atoms with E-state index in [-0.39, 0.29) is 5.91 Å². The summed E-state index contributed by atoms with van der Waals surface area (Å²) in [6.45, 7) is 5.34. The van der Waals surface area contributed by atoms with Crippen LogP contribution in [0.3, 0.4) is 0 Å². The van der Waals surface area contributed by atoms with Crippen LogP contribution < -0.4 is 10.1 Å². The molecule has 1 aromatic carbocycles. The minimum atomic E-state index is -0.0248. The van der Waals surface area contributed by atoms with Gasteiger partial charge in [-0.3, -0.25) is 4.79 Å². The van der Waals surface area contributed by atoms with E-state index >= 15 is 0 Å². The van der Waals surface area contributed by atoms with Crippen LogP contribution in [0.5, 0.6) is 5.75 Å². The largest absolute Gasteiger partial charge is 0.487 e. The Kier molecular flexibility index (Phi) is 7.07. The topological polar surface area (TPSA) is 51.2 Å². The number of thiazole rings is 1. The Hall–Kier alpha value is -1.88. The number of rotatable bonds is 9. The summed E-state index contributed by atoms with van der Waals surface area (Å²) in [6, 6.07) is 7.24. The number of carbonyl (C=O) groups is 1. The second kappa shape index (κ2) is 9.30. The van der Waals surface area contributed by atoms with E-state index in [0.717, 1.165) is 29.4 Å². The molecule has 1 N–H and O–H groups in total. The van der Waals surface area contributed by atoms with Crippen molar-refractivity contribution in [1.82, 2.24) is 10.3 Å². The van der Waals surface area contributed by atoms with Gasteiger partial charge >= 0.3 is 0 Å². The molecule has 2 rings (SSSR count). The maximum Gasteiger partial charge on any atom is 0.251 e. The monoisotopic (exact) mass is 332 g/mol. The molecule has 0 fully saturated rings. The van der Waals surface area contributed by atoms with Crippen LogP contribution >= 0.6 is 11.3 Å². The van der Waals surface area contributed by atoms with Crippen LogP contribution in [0.2, 0.25) is 0 Å². The number of amides is 1. The third kappa shape index (κ3) is 6.02. The first-order valence-electron chi connectivity index (χ1n) is 8.11. The van der Waals surface area contributed by atoms with Gasteiger partial charge in [0.2, 0.25) is 0 Å². The van der Waals surface area contributed by atoms with E-state index in [1.807, 2.05) is 24.4 Å². The van der Waals surface area contributed by atoms with E-state index in [4.69, 9.17) is 4.74 Å². The van der Waals surface area contributed by atoms with E-state index in [0.29, 0.717) is 12.2 Å². The van der Waals surface area contributed by atoms with Gasteiger partial charge in [0, 0.05) is 17.5 Å². The van der Waals surface area contributed by atoms with Crippen molar-refractivity contribution in [3.63, 3.8) is 0 Å². The van der Waals surface area contributed by atoms with E-state index in [1.54, 1.807) is 23.5 Å². The number of aromatic nitrogens is 1. The van der Waals surface area contributed by atoms with Crippen molar-refractivity contribution in [1.29, 1.82) is 0 Å². The third-order valence-corrected chi connectivity index (χ3v) is 4.31. The van der Waals surface area contributed by atoms with E-state index in [1.165, 1.54) is 19.3 Å². The van der Waals surface area contributed by atoms with Crippen molar-refractivity contribution >= 4 is 17.2 Å². The Balaban J connectivity index is 1.76. The zero-order chi connectivity index (χ0) is 16.5. The van der Waals surface area contributed by atoms with E-state index < -0.39 is 0 Å². The highest BCUT2D eigenvalue weighted by Crippen LogP contribution is 2.15. The fourth-order valence-corrected chi connectivity index (χ4v) is 2.79. The number of hydrogen-bond acceptors (Lipinski definition) is 4. The molecule has 0 saturated carbocycles. The van der Waals surface area contributed by atoms with Crippen molar-refractivity contribution in [2.75, 3.05) is 6.54 Å². The van der Waals surface area contributed by atoms with E-state index in [9.17, 15) is 4.79 Å². The van der Waals surface area contributed by atoms with Gasteiger partial charge in [0.25, 0.3) is 5.91 Å². The Bertz CT molecular complexity index is 608. The maximum atomic E-state index is 12.0. The van der Waals surface area contributed by atoms with Gasteiger partial charge in [0.05, 0.1) is 10.7 Å². The molecule has 0 bridgehead atoms. The zero-order valence-corrected chi connectivity index (χ0v) is 14.6. The standard InChI is InChI=1S/C18H24N2O2S/c1-3-4-5-6-11-19-18(21)15-7-9-17(10-8-15)22-12-16-13-23-14(2)20-16/h7-10,13H,3-6,11-12H2,1-2H3,(H,19,21). The van der Waals surface area contributed by atoms with Crippen LogP contribution in [0.25, 0.3) is 0 Å². The first-order valence-corrected chi connectivity index (χ1v) is 8.99. The summed E-state index contributed by atoms with van der Waals surface area (Å²) < 4.78 is 5.68. The molecule has 0 spiro atoms. The Morgan fingerprint density at radius 2 is 2.00 bits per heavy atom. The predicted molar refractivity (Wildman–Crippen MR) is 94.1 cm³/mol. The Labute approximate surface area is 141 Å². The van der Waals surface area contributed by atoms with Crippen molar-refractivity contribution in [2.45, 2.75) is 46.1 Å². The molecule has 124 valence electrons. The molecule has 1 heterocycles. The lowest BCUT2D eigenvalue weighted by Gasteiger charge is -2.07. The second-order valence-electron chi connectivity index (χ2n) is 5.49. The number of hydrogen-bond donors (Lipinski definition) is 1. The van der Waals surface area contributed by atoms with E-state index in [2.05, 4.69) is 17.2 Å². The number of unbranched alkanes of at least 4 members (excludes halogenated alkanes) is 3. The molecular formula is C18H24N2O2S. The molecule has 0 aliphatic carbocycles. The first kappa shape index (κ1) is 17.5. The van der Waals surface area contributed by atoms with Crippen LogP contribution in [0, 0.1) is 6.92 Å². The smallest absolute Gasteiger partial charge is 0.251 e. The highest BCUT2D eigenvalue weighted by Gasteiger charge is 2.05. The summed E-state index contributed by atoms with van der Waals surface area (Å²) in [5.41, 5.74) is 1.60. The SMILES string of the molecule is CCCCCCNC(=O)c1ccc(OCc2csc(C)n2)cc1. The molecule has 0 radical (unpaired) electrons. The highest BCUT2D eigenvalue weighted by molar-refractivity contribution is 7.09. The molecule has 0 saturated heterocycles. The predicted octanol–water partition coefficient (Wildman–Crippen LogP) is 4.34. The number of nitrogens with one attached hydrogen (secondary N) is 1. The van der Waals surface area contributed by atoms with Gasteiger partial charge in [-0.2, -0.15) is 0 Å². The average molecular weight is 332 g/mol. The molecule has 4 nitrogen and oxygen atoms in total. The lowest BCUT2D eigenvalue weighted by atomic mass is 10.2. The maximum absolute atomic E-state index is 12.0. The summed E-state index contributed by atoms with van der Waals surface area (Å²) in [5.74, 6) is 0.721. The molecule has 0 aliphatic heterocycles. The molecule has 23 heavy (non-hydrogen) atoms. The fraction of sp³-hybridized carbons (Fsp3) is 0.444. The van der Waals surface area contributed by atoms with Gasteiger partial charge in [-0.25, -0.2) is 4.98 Å². The fourth-order valence-electron chi connectivity index (χ4n) is 2.19. The number of ether oxygens (including phenoxy) is 1. The summed E-state index contributed by atoms with van der Waals surface area (Å²) in [7, 11) is 0. The molecule has 5 heteroatoms. The summed E-state index contributed by atoms with van der Waals surface area (Å²) in [6.07, 6.45) is 4.63. The van der Waals surface area contributed by atoms with Crippen molar-refractivity contribution in [2.24, 2.45) is 0 Å². The third-order valence-electron chi connectivity index (χ3n) is 3.49. The minimum Gasteiger partial charge on any atom is -0.487 e. The Morgan fingerprint density at radius 3 is 2.65 bits per heavy atom. The minimum absolute atomic E-state index is 0.0248. The molecule has 2 aromatic rings. The number of carbonyl (C=O) groups excluding carboxylic acids is 1. The normalized spacial score (nSPS) is 10.5.